The van der Waals surface area contributed by atoms with Crippen molar-refractivity contribution in [1.29, 1.82) is 0 Å². The molecule has 1 heterocycles. The van der Waals surface area contributed by atoms with Gasteiger partial charge in [0.2, 0.25) is 5.89 Å². The molecule has 1 aromatic carbocycles. The van der Waals surface area contributed by atoms with Crippen LogP contribution >= 0.6 is 0 Å². The van der Waals surface area contributed by atoms with E-state index in [1.165, 1.54) is 24.3 Å². The summed E-state index contributed by atoms with van der Waals surface area (Å²) in [6.07, 6.45) is 0. The first-order valence-electron chi connectivity index (χ1n) is 6.30. The van der Waals surface area contributed by atoms with E-state index in [4.69, 9.17) is 9.15 Å². The van der Waals surface area contributed by atoms with Gasteiger partial charge in [-0.15, -0.1) is 5.10 Å². The Labute approximate surface area is 120 Å². The minimum absolute atomic E-state index is 0.0172. The third-order valence-electron chi connectivity index (χ3n) is 2.40. The van der Waals surface area contributed by atoms with Crippen LogP contribution in [0.3, 0.4) is 0 Å². The van der Waals surface area contributed by atoms with Gasteiger partial charge in [-0.3, -0.25) is 4.79 Å². The predicted octanol–water partition coefficient (Wildman–Crippen LogP) is 1.98. The summed E-state index contributed by atoms with van der Waals surface area (Å²) < 4.78 is 23.7. The summed E-state index contributed by atoms with van der Waals surface area (Å²) in [5.41, 5.74) is -0.207. The molecule has 6 nitrogen and oxygen atoms in total. The van der Waals surface area contributed by atoms with Gasteiger partial charge in [0, 0.05) is 5.56 Å². The van der Waals surface area contributed by atoms with Crippen LogP contribution in [-0.2, 0) is 16.1 Å². The monoisotopic (exact) mass is 294 g/mol. The van der Waals surface area contributed by atoms with Crippen LogP contribution in [0.4, 0.5) is 4.39 Å². The molecule has 0 aliphatic rings. The Morgan fingerprint density at radius 3 is 2.52 bits per heavy atom. The highest BCUT2D eigenvalue weighted by Crippen LogP contribution is 2.15. The Morgan fingerprint density at radius 1 is 1.33 bits per heavy atom. The molecule has 0 radical (unpaired) electrons. The third kappa shape index (κ3) is 4.01. The number of carbonyl (C=O) groups is 1. The zero-order valence-corrected chi connectivity index (χ0v) is 11.9. The van der Waals surface area contributed by atoms with Crippen molar-refractivity contribution in [3.05, 3.63) is 40.6 Å². The molecule has 0 fully saturated rings. The van der Waals surface area contributed by atoms with Crippen LogP contribution in [0.25, 0.3) is 11.5 Å². The average molecular weight is 294 g/mol. The van der Waals surface area contributed by atoms with E-state index in [0.717, 1.165) is 4.68 Å². The summed E-state index contributed by atoms with van der Waals surface area (Å²) in [5.74, 6) is -1.76. The Morgan fingerprint density at radius 2 is 1.95 bits per heavy atom. The molecule has 0 bridgehead atoms. The van der Waals surface area contributed by atoms with Crippen molar-refractivity contribution in [2.75, 3.05) is 0 Å². The molecule has 0 N–H and O–H groups in total. The van der Waals surface area contributed by atoms with Crippen molar-refractivity contribution in [3.8, 4) is 11.5 Å². The summed E-state index contributed by atoms with van der Waals surface area (Å²) in [6.45, 7) is 4.82. The van der Waals surface area contributed by atoms with Gasteiger partial charge in [-0.2, -0.15) is 4.68 Å². The van der Waals surface area contributed by atoms with E-state index < -0.39 is 23.1 Å². The molecule has 0 aliphatic carbocycles. The molecule has 7 heteroatoms. The van der Waals surface area contributed by atoms with Gasteiger partial charge >= 0.3 is 11.7 Å². The maximum atomic E-state index is 12.8. The fourth-order valence-corrected chi connectivity index (χ4v) is 1.61. The second-order valence-corrected chi connectivity index (χ2v) is 5.42. The molecule has 21 heavy (non-hydrogen) atoms. The van der Waals surface area contributed by atoms with Crippen LogP contribution in [0.5, 0.6) is 0 Å². The molecule has 2 rings (SSSR count). The first-order chi connectivity index (χ1) is 9.74. The summed E-state index contributed by atoms with van der Waals surface area (Å²) >= 11 is 0. The second kappa shape index (κ2) is 5.51. The second-order valence-electron chi connectivity index (χ2n) is 5.42. The van der Waals surface area contributed by atoms with Gasteiger partial charge in [0.25, 0.3) is 0 Å². The lowest BCUT2D eigenvalue weighted by Crippen LogP contribution is -2.29. The van der Waals surface area contributed by atoms with E-state index in [1.807, 2.05) is 0 Å². The highest BCUT2D eigenvalue weighted by atomic mass is 19.1. The number of carbonyl (C=O) groups excluding carboxylic acids is 1. The number of esters is 1. The fourth-order valence-electron chi connectivity index (χ4n) is 1.61. The quantitative estimate of drug-likeness (QED) is 0.809. The van der Waals surface area contributed by atoms with E-state index in [1.54, 1.807) is 20.8 Å². The number of halogens is 1. The van der Waals surface area contributed by atoms with Crippen LogP contribution < -0.4 is 5.76 Å². The van der Waals surface area contributed by atoms with Crippen LogP contribution in [0.15, 0.2) is 33.5 Å². The van der Waals surface area contributed by atoms with Gasteiger partial charge in [-0.25, -0.2) is 9.18 Å². The Hall–Kier alpha value is -2.44. The molecule has 0 unspecified atom stereocenters. The predicted molar refractivity (Wildman–Crippen MR) is 72.0 cm³/mol. The third-order valence-corrected chi connectivity index (χ3v) is 2.40. The van der Waals surface area contributed by atoms with Crippen LogP contribution in [-0.4, -0.2) is 21.4 Å². The summed E-state index contributed by atoms with van der Waals surface area (Å²) in [4.78, 5) is 23.3. The van der Waals surface area contributed by atoms with E-state index in [9.17, 15) is 14.0 Å². The van der Waals surface area contributed by atoms with Gasteiger partial charge in [-0.1, -0.05) is 0 Å². The number of hydrogen-bond donors (Lipinski definition) is 0. The van der Waals surface area contributed by atoms with Crippen molar-refractivity contribution in [1.82, 2.24) is 9.78 Å². The first-order valence-corrected chi connectivity index (χ1v) is 6.30. The highest BCUT2D eigenvalue weighted by Gasteiger charge is 2.19. The molecule has 0 aliphatic heterocycles. The molecular weight excluding hydrogens is 279 g/mol. The van der Waals surface area contributed by atoms with Crippen molar-refractivity contribution in [3.63, 3.8) is 0 Å². The molecule has 0 saturated carbocycles. The van der Waals surface area contributed by atoms with Crippen LogP contribution in [0.2, 0.25) is 0 Å². The van der Waals surface area contributed by atoms with Crippen molar-refractivity contribution >= 4 is 5.97 Å². The molecule has 1 aromatic heterocycles. The van der Waals surface area contributed by atoms with Gasteiger partial charge in [0.1, 0.15) is 18.0 Å². The van der Waals surface area contributed by atoms with E-state index >= 15 is 0 Å². The van der Waals surface area contributed by atoms with E-state index in [2.05, 4.69) is 5.10 Å². The lowest BCUT2D eigenvalue weighted by Gasteiger charge is -2.18. The minimum Gasteiger partial charge on any atom is -0.459 e. The lowest BCUT2D eigenvalue weighted by molar-refractivity contribution is -0.155. The summed E-state index contributed by atoms with van der Waals surface area (Å²) in [5, 5.41) is 3.89. The number of rotatable bonds is 3. The normalized spacial score (nSPS) is 11.4. The maximum absolute atomic E-state index is 12.8. The number of ether oxygens (including phenoxy) is 1. The molecule has 0 atom stereocenters. The zero-order chi connectivity index (χ0) is 15.6. The summed E-state index contributed by atoms with van der Waals surface area (Å²) in [6, 6.07) is 5.31. The molecule has 2 aromatic rings. The smallest absolute Gasteiger partial charge is 0.437 e. The highest BCUT2D eigenvalue weighted by molar-refractivity contribution is 5.69. The maximum Gasteiger partial charge on any atom is 0.437 e. The number of aromatic nitrogens is 2. The van der Waals surface area contributed by atoms with Crippen molar-refractivity contribution in [2.24, 2.45) is 0 Å². The SMILES string of the molecule is CC(C)(C)OC(=O)Cn1nc(-c2ccc(F)cc2)oc1=O. The van der Waals surface area contributed by atoms with E-state index in [0.29, 0.717) is 5.56 Å². The van der Waals surface area contributed by atoms with Crippen molar-refractivity contribution in [2.45, 2.75) is 32.9 Å². The fraction of sp³-hybridized carbons (Fsp3) is 0.357. The van der Waals surface area contributed by atoms with Gasteiger partial charge in [0.05, 0.1) is 0 Å². The molecule has 0 saturated heterocycles. The topological polar surface area (TPSA) is 74.3 Å². The molecule has 0 spiro atoms. The van der Waals surface area contributed by atoms with Gasteiger partial charge in [0.15, 0.2) is 0 Å². The minimum atomic E-state index is -0.778. The van der Waals surface area contributed by atoms with Crippen molar-refractivity contribution < 1.29 is 18.3 Å². The zero-order valence-electron chi connectivity index (χ0n) is 11.9. The van der Waals surface area contributed by atoms with Gasteiger partial charge < -0.3 is 9.15 Å². The number of nitrogens with zero attached hydrogens (tertiary/aromatic N) is 2. The Bertz CT molecular complexity index is 695. The molecule has 112 valence electrons. The Kier molecular flexibility index (Phi) is 3.93. The number of benzene rings is 1. The first kappa shape index (κ1) is 15.0. The molecular formula is C14H15FN2O4. The van der Waals surface area contributed by atoms with Crippen LogP contribution in [0, 0.1) is 5.82 Å². The standard InChI is InChI=1S/C14H15FN2O4/c1-14(2,3)21-11(18)8-17-13(19)20-12(16-17)9-4-6-10(15)7-5-9/h4-7H,8H2,1-3H3. The number of hydrogen-bond acceptors (Lipinski definition) is 5. The molecule has 0 amide bonds. The Balaban J connectivity index is 2.18. The lowest BCUT2D eigenvalue weighted by atomic mass is 10.2. The average Bonchev–Trinajstić information content (AvgIpc) is 2.69. The van der Waals surface area contributed by atoms with Gasteiger partial charge in [-0.05, 0) is 45.0 Å². The largest absolute Gasteiger partial charge is 0.459 e. The van der Waals surface area contributed by atoms with E-state index in [-0.39, 0.29) is 12.4 Å². The summed E-state index contributed by atoms with van der Waals surface area (Å²) in [7, 11) is 0. The van der Waals surface area contributed by atoms with Crippen LogP contribution in [0.1, 0.15) is 20.8 Å².